The van der Waals surface area contributed by atoms with Gasteiger partial charge in [0.25, 0.3) is 0 Å². The molecule has 0 amide bonds. The zero-order valence-corrected chi connectivity index (χ0v) is 7.35. The van der Waals surface area contributed by atoms with E-state index in [-0.39, 0.29) is 64.7 Å². The van der Waals surface area contributed by atoms with E-state index in [4.69, 9.17) is 0 Å². The molecule has 0 aromatic rings. The van der Waals surface area contributed by atoms with Gasteiger partial charge in [-0.3, -0.25) is 0 Å². The van der Waals surface area contributed by atoms with Crippen LogP contribution in [0.3, 0.4) is 0 Å². The maximum atomic E-state index is 0. The second-order valence-corrected chi connectivity index (χ2v) is 0. The minimum atomic E-state index is 0. The Bertz CT molecular complexity index is 6.00. The summed E-state index contributed by atoms with van der Waals surface area (Å²) < 4.78 is 0. The van der Waals surface area contributed by atoms with Crippen LogP contribution in [-0.4, -0.2) is 25.8 Å². The normalized spacial score (nSPS) is 0. The van der Waals surface area contributed by atoms with E-state index in [1.54, 1.807) is 0 Å². The molecule has 0 N–H and O–H groups in total. The molecule has 0 saturated heterocycles. The maximum absolute atomic E-state index is 0. The molecule has 0 heterocycles. The van der Waals surface area contributed by atoms with Crippen molar-refractivity contribution in [3.63, 3.8) is 0 Å². The zero-order chi connectivity index (χ0) is 0. The molecule has 4 heavy (non-hydrogen) atoms. The van der Waals surface area contributed by atoms with Crippen LogP contribution in [0.25, 0.3) is 0 Å². The van der Waals surface area contributed by atoms with E-state index in [0.29, 0.717) is 0 Å². The fraction of sp³-hybridized carbons (Fsp3) is 0. The topological polar surface area (TPSA) is 0 Å². The molecular formula is H6AlBZn2. The second kappa shape index (κ2) is 21.0. The molecule has 0 unspecified atom stereocenters. The molecule has 0 bridgehead atoms. The van der Waals surface area contributed by atoms with Crippen LogP contribution in [0.5, 0.6) is 0 Å². The molecular weight excluding hydrogens is 169 g/mol. The van der Waals surface area contributed by atoms with Crippen LogP contribution in [0, 0.1) is 0 Å². The van der Waals surface area contributed by atoms with E-state index in [9.17, 15) is 0 Å². The Morgan fingerprint density at radius 2 is 0.750 bits per heavy atom. The molecule has 0 aliphatic carbocycles. The van der Waals surface area contributed by atoms with E-state index in [1.807, 2.05) is 0 Å². The van der Waals surface area contributed by atoms with Gasteiger partial charge < -0.3 is 0 Å². The summed E-state index contributed by atoms with van der Waals surface area (Å²) in [5, 5.41) is 0. The Morgan fingerprint density at radius 1 is 0.750 bits per heavy atom. The summed E-state index contributed by atoms with van der Waals surface area (Å²) in [7, 11) is 0. The first-order valence-corrected chi connectivity index (χ1v) is 0. The fourth-order valence-corrected chi connectivity index (χ4v) is 0. The molecule has 16 valence electrons. The van der Waals surface area contributed by atoms with Crippen molar-refractivity contribution in [2.24, 2.45) is 0 Å². The smallest absolute Gasteiger partial charge is 0 e. The van der Waals surface area contributed by atoms with Crippen molar-refractivity contribution < 1.29 is 39.0 Å². The Morgan fingerprint density at radius 3 is 0.750 bits per heavy atom. The van der Waals surface area contributed by atoms with Crippen molar-refractivity contribution >= 4 is 25.8 Å². The Hall–Kier alpha value is 1.84. The molecule has 4 heteroatoms. The van der Waals surface area contributed by atoms with Crippen LogP contribution in [0.4, 0.5) is 0 Å². The molecule has 0 saturated carbocycles. The van der Waals surface area contributed by atoms with Crippen LogP contribution in [0.15, 0.2) is 0 Å². The second-order valence-electron chi connectivity index (χ2n) is 0. The van der Waals surface area contributed by atoms with Crippen molar-refractivity contribution in [1.29, 1.82) is 0 Å². The number of hydrogen-bond donors (Lipinski definition) is 0. The summed E-state index contributed by atoms with van der Waals surface area (Å²) in [6.45, 7) is 0. The molecule has 0 aliphatic heterocycles. The van der Waals surface area contributed by atoms with Gasteiger partial charge in [-0.25, -0.2) is 0 Å². The molecule has 0 radical (unpaired) electrons. The standard InChI is InChI=1S/Al.BH3.2Zn.3H/h;1H3;;;;;. The average molecular weight is 175 g/mol. The number of rotatable bonds is 0. The minimum absolute atomic E-state index is 0. The van der Waals surface area contributed by atoms with Crippen LogP contribution >= 0.6 is 0 Å². The van der Waals surface area contributed by atoms with E-state index >= 15 is 0 Å². The third-order valence-electron chi connectivity index (χ3n) is 0. The first-order chi connectivity index (χ1) is 0. The van der Waals surface area contributed by atoms with Gasteiger partial charge in [-0.15, -0.1) is 0 Å². The van der Waals surface area contributed by atoms with Gasteiger partial charge in [-0.1, -0.05) is 0 Å². The summed E-state index contributed by atoms with van der Waals surface area (Å²) in [5.41, 5.74) is 0. The molecule has 0 spiro atoms. The van der Waals surface area contributed by atoms with Crippen LogP contribution < -0.4 is 0 Å². The Balaban J connectivity index is 0. The number of hydrogen-bond acceptors (Lipinski definition) is 0. The van der Waals surface area contributed by atoms with Gasteiger partial charge in [-0.05, 0) is 0 Å². The fourth-order valence-electron chi connectivity index (χ4n) is 0. The quantitative estimate of drug-likeness (QED) is 0.360. The van der Waals surface area contributed by atoms with Crippen LogP contribution in [-0.2, 0) is 39.0 Å². The minimum Gasteiger partial charge on any atom is 0 e. The summed E-state index contributed by atoms with van der Waals surface area (Å²) in [5.74, 6) is 0. The van der Waals surface area contributed by atoms with Gasteiger partial charge in [0.2, 0.25) is 0 Å². The van der Waals surface area contributed by atoms with Crippen LogP contribution in [0.1, 0.15) is 0 Å². The molecule has 0 nitrogen and oxygen atoms in total. The Labute approximate surface area is 64.3 Å². The van der Waals surface area contributed by atoms with Gasteiger partial charge in [-0.2, -0.15) is 0 Å². The molecule has 0 aliphatic rings. The predicted octanol–water partition coefficient (Wildman–Crippen LogP) is -2.37. The van der Waals surface area contributed by atoms with E-state index in [2.05, 4.69) is 0 Å². The third-order valence-corrected chi connectivity index (χ3v) is 0. The summed E-state index contributed by atoms with van der Waals surface area (Å²) in [4.78, 5) is 0. The Kier molecular flexibility index (Phi) is 212. The average Bonchev–Trinajstić information content (AvgIpc) is 0. The van der Waals surface area contributed by atoms with Crippen molar-refractivity contribution in [1.82, 2.24) is 0 Å². The van der Waals surface area contributed by atoms with Gasteiger partial charge in [0.1, 0.15) is 0 Å². The summed E-state index contributed by atoms with van der Waals surface area (Å²) in [6, 6.07) is 0. The molecule has 0 fully saturated rings. The predicted molar refractivity (Wildman–Crippen MR) is 19.9 cm³/mol. The summed E-state index contributed by atoms with van der Waals surface area (Å²) >= 11 is 0. The molecule has 0 aromatic carbocycles. The third kappa shape index (κ3) is 9.14. The van der Waals surface area contributed by atoms with Gasteiger partial charge in [0, 0.05) is 39.0 Å². The molecule has 0 rings (SSSR count). The largest absolute Gasteiger partial charge is 0.187 e. The first-order valence-electron chi connectivity index (χ1n) is 0. The monoisotopic (exact) mass is 172 g/mol. The van der Waals surface area contributed by atoms with Gasteiger partial charge in [0.15, 0.2) is 17.4 Å². The zero-order valence-electron chi connectivity index (χ0n) is 1.41. The van der Waals surface area contributed by atoms with Crippen molar-refractivity contribution in [3.8, 4) is 0 Å². The molecule has 0 aromatic heterocycles. The maximum Gasteiger partial charge on any atom is 0.187 e. The van der Waals surface area contributed by atoms with E-state index in [1.165, 1.54) is 0 Å². The first kappa shape index (κ1) is 40.3. The van der Waals surface area contributed by atoms with Gasteiger partial charge in [0.05, 0.1) is 8.41 Å². The van der Waals surface area contributed by atoms with Crippen molar-refractivity contribution in [3.05, 3.63) is 0 Å². The van der Waals surface area contributed by atoms with Gasteiger partial charge >= 0.3 is 0 Å². The van der Waals surface area contributed by atoms with E-state index < -0.39 is 0 Å². The SMILES string of the molecule is B.[AlH3].[Zn].[Zn]. The van der Waals surface area contributed by atoms with Crippen LogP contribution in [0.2, 0.25) is 0 Å². The molecule has 0 atom stereocenters. The summed E-state index contributed by atoms with van der Waals surface area (Å²) in [6.07, 6.45) is 0. The van der Waals surface area contributed by atoms with Crippen molar-refractivity contribution in [2.45, 2.75) is 0 Å². The van der Waals surface area contributed by atoms with E-state index in [0.717, 1.165) is 0 Å². The van der Waals surface area contributed by atoms with Crippen molar-refractivity contribution in [2.75, 3.05) is 0 Å².